The van der Waals surface area contributed by atoms with Crippen LogP contribution in [0.3, 0.4) is 0 Å². The molecule has 1 heterocycles. The highest BCUT2D eigenvalue weighted by Gasteiger charge is 2.32. The van der Waals surface area contributed by atoms with Gasteiger partial charge in [-0.1, -0.05) is 20.3 Å². The van der Waals surface area contributed by atoms with Crippen LogP contribution in [0.15, 0.2) is 0 Å². The quantitative estimate of drug-likeness (QED) is 0.697. The minimum atomic E-state index is -1.86. The van der Waals surface area contributed by atoms with E-state index < -0.39 is 8.56 Å². The van der Waals surface area contributed by atoms with Gasteiger partial charge in [0.15, 0.2) is 0 Å². The predicted octanol–water partition coefficient (Wildman–Crippen LogP) is 2.05. The van der Waals surface area contributed by atoms with Gasteiger partial charge in [0, 0.05) is 13.2 Å². The smallest absolute Gasteiger partial charge is 0.355 e. The first-order valence-electron chi connectivity index (χ1n) is 5.21. The van der Waals surface area contributed by atoms with Crippen LogP contribution in [0.1, 0.15) is 26.7 Å². The van der Waals surface area contributed by atoms with Gasteiger partial charge >= 0.3 is 8.56 Å². The summed E-state index contributed by atoms with van der Waals surface area (Å²) in [5.74, 6) is 0.653. The summed E-state index contributed by atoms with van der Waals surface area (Å²) in [6.07, 6.45) is 2.28. The van der Waals surface area contributed by atoms with Crippen LogP contribution in [0.2, 0.25) is 12.6 Å². The lowest BCUT2D eigenvalue weighted by Gasteiger charge is -2.30. The zero-order valence-corrected chi connectivity index (χ0v) is 9.93. The van der Waals surface area contributed by atoms with Crippen LogP contribution in [0, 0.1) is 5.92 Å². The van der Waals surface area contributed by atoms with Gasteiger partial charge in [-0.3, -0.25) is 0 Å². The molecular formula is C9H21NO2Si. The molecule has 0 amide bonds. The van der Waals surface area contributed by atoms with Crippen molar-refractivity contribution >= 4 is 8.56 Å². The molecular weight excluding hydrogens is 182 g/mol. The predicted molar refractivity (Wildman–Crippen MR) is 55.5 cm³/mol. The van der Waals surface area contributed by atoms with Crippen LogP contribution in [0.5, 0.6) is 0 Å². The normalized spacial score (nSPS) is 36.7. The monoisotopic (exact) mass is 203 g/mol. The molecule has 1 saturated heterocycles. The first-order valence-corrected chi connectivity index (χ1v) is 7.73. The third-order valence-electron chi connectivity index (χ3n) is 2.44. The number of hydrogen-bond donors (Lipinski definition) is 1. The van der Waals surface area contributed by atoms with E-state index in [4.69, 9.17) is 8.95 Å². The Hall–Kier alpha value is 0.0969. The maximum Gasteiger partial charge on any atom is 0.355 e. The highest BCUT2D eigenvalue weighted by molar-refractivity contribution is 6.65. The highest BCUT2D eigenvalue weighted by Crippen LogP contribution is 2.17. The molecule has 1 N–H and O–H groups in total. The summed E-state index contributed by atoms with van der Waals surface area (Å²) in [7, 11) is -1.86. The lowest BCUT2D eigenvalue weighted by Crippen LogP contribution is -2.46. The van der Waals surface area contributed by atoms with Gasteiger partial charge in [-0.05, 0) is 24.9 Å². The molecule has 0 aromatic heterocycles. The molecule has 4 heteroatoms. The molecule has 1 aliphatic rings. The van der Waals surface area contributed by atoms with Crippen molar-refractivity contribution in [1.29, 1.82) is 0 Å². The van der Waals surface area contributed by atoms with Crippen LogP contribution in [-0.4, -0.2) is 21.7 Å². The Labute approximate surface area is 82.0 Å². The maximum atomic E-state index is 5.84. The van der Waals surface area contributed by atoms with Crippen molar-refractivity contribution in [1.82, 2.24) is 5.48 Å². The van der Waals surface area contributed by atoms with Crippen LogP contribution in [-0.2, 0) is 8.95 Å². The first kappa shape index (κ1) is 11.2. The summed E-state index contributed by atoms with van der Waals surface area (Å²) in [6, 6.07) is 1.08. The zero-order chi connectivity index (χ0) is 9.73. The summed E-state index contributed by atoms with van der Waals surface area (Å²) in [4.78, 5) is 0. The molecule has 0 spiro atoms. The van der Waals surface area contributed by atoms with Crippen molar-refractivity contribution in [3.8, 4) is 0 Å². The second kappa shape index (κ2) is 5.10. The summed E-state index contributed by atoms with van der Waals surface area (Å²) in [5, 5.41) is 0. The van der Waals surface area contributed by atoms with Gasteiger partial charge < -0.3 is 8.95 Å². The molecule has 1 rings (SSSR count). The molecule has 3 nitrogen and oxygen atoms in total. The third-order valence-corrected chi connectivity index (χ3v) is 5.24. The van der Waals surface area contributed by atoms with E-state index in [1.807, 2.05) is 0 Å². The van der Waals surface area contributed by atoms with E-state index >= 15 is 0 Å². The molecule has 78 valence electrons. The third kappa shape index (κ3) is 3.77. The van der Waals surface area contributed by atoms with E-state index in [-0.39, 0.29) is 0 Å². The van der Waals surface area contributed by atoms with Crippen LogP contribution in [0.25, 0.3) is 0 Å². The topological polar surface area (TPSA) is 30.5 Å². The number of rotatable bonds is 2. The lowest BCUT2D eigenvalue weighted by atomic mass is 10.1. The van der Waals surface area contributed by atoms with Gasteiger partial charge in [-0.15, -0.1) is 0 Å². The zero-order valence-electron chi connectivity index (χ0n) is 8.93. The van der Waals surface area contributed by atoms with E-state index in [0.717, 1.165) is 32.0 Å². The molecule has 1 aliphatic heterocycles. The standard InChI is InChI=1S/C9H21NO2Si/c1-4-7-13(3)11-6-5-9(2)8-10-12-13/h9-10H,4-8H2,1-3H3. The molecule has 13 heavy (non-hydrogen) atoms. The van der Waals surface area contributed by atoms with Crippen molar-refractivity contribution in [2.24, 2.45) is 5.92 Å². The average Bonchev–Trinajstić information content (AvgIpc) is 2.02. The molecule has 0 radical (unpaired) electrons. The largest absolute Gasteiger partial charge is 0.394 e. The Balaban J connectivity index is 2.39. The van der Waals surface area contributed by atoms with Crippen molar-refractivity contribution in [2.45, 2.75) is 39.3 Å². The molecule has 2 unspecified atom stereocenters. The summed E-state index contributed by atoms with van der Waals surface area (Å²) in [5.41, 5.74) is 3.05. The fraction of sp³-hybridized carbons (Fsp3) is 1.00. The van der Waals surface area contributed by atoms with Crippen molar-refractivity contribution in [3.63, 3.8) is 0 Å². The van der Waals surface area contributed by atoms with Crippen LogP contribution in [0.4, 0.5) is 0 Å². The fourth-order valence-corrected chi connectivity index (χ4v) is 3.67. The van der Waals surface area contributed by atoms with E-state index in [0.29, 0.717) is 5.92 Å². The van der Waals surface area contributed by atoms with Crippen molar-refractivity contribution < 1.29 is 8.95 Å². The van der Waals surface area contributed by atoms with Crippen LogP contribution < -0.4 is 5.48 Å². The van der Waals surface area contributed by atoms with E-state index in [1.165, 1.54) is 0 Å². The number of hydroxylamine groups is 1. The molecule has 1 fully saturated rings. The Kier molecular flexibility index (Phi) is 4.38. The van der Waals surface area contributed by atoms with Gasteiger partial charge in [0.05, 0.1) is 0 Å². The maximum absolute atomic E-state index is 5.84. The highest BCUT2D eigenvalue weighted by atomic mass is 28.4. The molecule has 0 aliphatic carbocycles. The minimum absolute atomic E-state index is 0.653. The van der Waals surface area contributed by atoms with Crippen LogP contribution >= 0.6 is 0 Å². The fourth-order valence-electron chi connectivity index (χ4n) is 1.52. The van der Waals surface area contributed by atoms with E-state index in [2.05, 4.69) is 25.9 Å². The second-order valence-corrected chi connectivity index (χ2v) is 7.34. The Morgan fingerprint density at radius 3 is 3.00 bits per heavy atom. The molecule has 0 aromatic carbocycles. The van der Waals surface area contributed by atoms with Crippen molar-refractivity contribution in [3.05, 3.63) is 0 Å². The molecule has 0 bridgehead atoms. The minimum Gasteiger partial charge on any atom is -0.394 e. The molecule has 0 aromatic rings. The Morgan fingerprint density at radius 2 is 2.31 bits per heavy atom. The Morgan fingerprint density at radius 1 is 1.54 bits per heavy atom. The van der Waals surface area contributed by atoms with E-state index in [1.54, 1.807) is 0 Å². The van der Waals surface area contributed by atoms with E-state index in [9.17, 15) is 0 Å². The van der Waals surface area contributed by atoms with Gasteiger partial charge in [-0.2, -0.15) is 0 Å². The van der Waals surface area contributed by atoms with Crippen molar-refractivity contribution in [2.75, 3.05) is 13.2 Å². The molecule has 0 saturated carbocycles. The second-order valence-electron chi connectivity index (χ2n) is 4.08. The van der Waals surface area contributed by atoms with Gasteiger partial charge in [-0.25, -0.2) is 5.48 Å². The SMILES string of the molecule is CCC[Si]1(C)OCCC(C)CNO1. The summed E-state index contributed by atoms with van der Waals surface area (Å²) in [6.45, 7) is 8.34. The van der Waals surface area contributed by atoms with Gasteiger partial charge in [0.2, 0.25) is 0 Å². The Bertz CT molecular complexity index is 145. The first-order chi connectivity index (χ1) is 6.16. The summed E-state index contributed by atoms with van der Waals surface area (Å²) >= 11 is 0. The summed E-state index contributed by atoms with van der Waals surface area (Å²) < 4.78 is 11.5. The van der Waals surface area contributed by atoms with Gasteiger partial charge in [0.25, 0.3) is 0 Å². The lowest BCUT2D eigenvalue weighted by molar-refractivity contribution is 0.0730. The number of nitrogens with one attached hydrogen (secondary N) is 1. The number of hydrogen-bond acceptors (Lipinski definition) is 3. The van der Waals surface area contributed by atoms with Gasteiger partial charge in [0.1, 0.15) is 0 Å². The molecule has 2 atom stereocenters. The average molecular weight is 203 g/mol.